The maximum atomic E-state index is 13.4. The largest absolute Gasteiger partial charge is 0.493 e. The van der Waals surface area contributed by atoms with Gasteiger partial charge in [0.05, 0.1) is 18.5 Å². The molecule has 2 aromatic carbocycles. The molecule has 4 aromatic rings. The number of thioether (sulfide) groups is 2. The molecule has 0 spiro atoms. The second-order valence-corrected chi connectivity index (χ2v) is 10.9. The molecule has 0 atom stereocenters. The Hall–Kier alpha value is -2.95. The van der Waals surface area contributed by atoms with Gasteiger partial charge < -0.3 is 9.84 Å². The summed E-state index contributed by atoms with van der Waals surface area (Å²) in [7, 11) is 0. The van der Waals surface area contributed by atoms with E-state index in [0.29, 0.717) is 16.8 Å². The first-order valence-electron chi connectivity index (χ1n) is 11.2. The van der Waals surface area contributed by atoms with Gasteiger partial charge in [0, 0.05) is 15.5 Å². The Balaban J connectivity index is 1.88. The number of nitrogens with zero attached hydrogens (tertiary/aromatic N) is 2. The maximum Gasteiger partial charge on any atom is 0.332 e. The molecule has 0 saturated heterocycles. The zero-order valence-corrected chi connectivity index (χ0v) is 22.6. The summed E-state index contributed by atoms with van der Waals surface area (Å²) < 4.78 is 8.09. The van der Waals surface area contributed by atoms with Gasteiger partial charge in [-0.1, -0.05) is 18.2 Å². The number of fused-ring (bicyclic) bond motifs is 1. The molecule has 188 valence electrons. The highest BCUT2D eigenvalue weighted by Crippen LogP contribution is 2.37. The Labute approximate surface area is 220 Å². The lowest BCUT2D eigenvalue weighted by Gasteiger charge is -2.13. The van der Waals surface area contributed by atoms with Crippen LogP contribution < -0.4 is 16.0 Å². The van der Waals surface area contributed by atoms with Gasteiger partial charge in [-0.3, -0.25) is 14.2 Å². The van der Waals surface area contributed by atoms with Gasteiger partial charge in [0.25, 0.3) is 5.56 Å². The first-order valence-corrected chi connectivity index (χ1v) is 14.6. The summed E-state index contributed by atoms with van der Waals surface area (Å²) in [4.78, 5) is 40.7. The summed E-state index contributed by atoms with van der Waals surface area (Å²) in [6.45, 7) is 2.00. The lowest BCUT2D eigenvalue weighted by molar-refractivity contribution is -0.137. The fourth-order valence-electron chi connectivity index (χ4n) is 4.03. The van der Waals surface area contributed by atoms with Gasteiger partial charge in [-0.2, -0.15) is 11.8 Å². The summed E-state index contributed by atoms with van der Waals surface area (Å²) >= 11 is 4.66. The predicted octanol–water partition coefficient (Wildman–Crippen LogP) is 4.80. The molecule has 36 heavy (non-hydrogen) atoms. The van der Waals surface area contributed by atoms with E-state index in [4.69, 9.17) is 4.74 Å². The van der Waals surface area contributed by atoms with E-state index in [1.165, 1.54) is 15.9 Å². The average molecular weight is 543 g/mol. The van der Waals surface area contributed by atoms with Crippen LogP contribution in [0.5, 0.6) is 5.75 Å². The van der Waals surface area contributed by atoms with Crippen molar-refractivity contribution >= 4 is 51.0 Å². The van der Waals surface area contributed by atoms with Crippen molar-refractivity contribution in [3.05, 3.63) is 80.5 Å². The molecule has 0 radical (unpaired) electrons. The van der Waals surface area contributed by atoms with Crippen molar-refractivity contribution in [3.8, 4) is 16.2 Å². The molecule has 7 nitrogen and oxygen atoms in total. The number of hydrogen-bond donors (Lipinski definition) is 1. The molecule has 10 heteroatoms. The minimum absolute atomic E-state index is 0.230. The summed E-state index contributed by atoms with van der Waals surface area (Å²) in [5.74, 6) is 0.424. The molecule has 0 amide bonds. The molecule has 0 aliphatic heterocycles. The summed E-state index contributed by atoms with van der Waals surface area (Å²) in [5, 5.41) is 9.76. The lowest BCUT2D eigenvalue weighted by Crippen LogP contribution is -2.41. The Morgan fingerprint density at radius 3 is 2.44 bits per heavy atom. The number of benzene rings is 2. The van der Waals surface area contributed by atoms with Crippen molar-refractivity contribution < 1.29 is 14.6 Å². The Kier molecular flexibility index (Phi) is 8.28. The molecular formula is C26H26N2O5S3. The highest BCUT2D eigenvalue weighted by molar-refractivity contribution is 7.98. The second-order valence-electron chi connectivity index (χ2n) is 8.07. The predicted molar refractivity (Wildman–Crippen MR) is 149 cm³/mol. The van der Waals surface area contributed by atoms with Gasteiger partial charge >= 0.3 is 11.7 Å². The fraction of sp³-hybridized carbons (Fsp3) is 0.269. The second kappa shape index (κ2) is 11.4. The molecule has 2 heterocycles. The quantitative estimate of drug-likeness (QED) is 0.227. The standard InChI is InChI=1S/C26H26N2O5S3/c1-16-22-24(31)27(15-21(29)30)26(32)28(14-18-6-4-5-7-20(18)35-3)25(22)36-23(16)17-8-10-19(11-9-17)33-12-13-34-2/h4-11H,12-15H2,1-3H3,(H,29,30). The van der Waals surface area contributed by atoms with Crippen LogP contribution in [0.2, 0.25) is 0 Å². The van der Waals surface area contributed by atoms with Crippen LogP contribution in [0.15, 0.2) is 63.0 Å². The Morgan fingerprint density at radius 2 is 1.78 bits per heavy atom. The highest BCUT2D eigenvalue weighted by atomic mass is 32.2. The van der Waals surface area contributed by atoms with Gasteiger partial charge in [0.15, 0.2) is 0 Å². The van der Waals surface area contributed by atoms with Crippen molar-refractivity contribution in [2.45, 2.75) is 24.9 Å². The van der Waals surface area contributed by atoms with E-state index in [-0.39, 0.29) is 6.54 Å². The normalized spacial score (nSPS) is 11.2. The third kappa shape index (κ3) is 5.25. The van der Waals surface area contributed by atoms with Gasteiger partial charge in [0.1, 0.15) is 17.1 Å². The summed E-state index contributed by atoms with van der Waals surface area (Å²) in [6.07, 6.45) is 3.99. The van der Waals surface area contributed by atoms with Crippen LogP contribution in [0.4, 0.5) is 0 Å². The smallest absolute Gasteiger partial charge is 0.332 e. The van der Waals surface area contributed by atoms with Crippen LogP contribution in [-0.2, 0) is 17.9 Å². The van der Waals surface area contributed by atoms with Crippen molar-refractivity contribution in [3.63, 3.8) is 0 Å². The number of rotatable bonds is 10. The first kappa shape index (κ1) is 26.1. The SMILES string of the molecule is CSCCOc1ccc(-c2sc3c(c2C)c(=O)n(CC(=O)O)c(=O)n3Cc2ccccc2SC)cc1. The average Bonchev–Trinajstić information content (AvgIpc) is 3.22. The molecule has 1 N–H and O–H groups in total. The van der Waals surface area contributed by atoms with Crippen LogP contribution in [0.3, 0.4) is 0 Å². The number of aliphatic carboxylic acids is 1. The third-order valence-electron chi connectivity index (χ3n) is 5.78. The van der Waals surface area contributed by atoms with Gasteiger partial charge in [-0.05, 0) is 66.5 Å². The van der Waals surface area contributed by atoms with E-state index in [1.54, 1.807) is 23.5 Å². The van der Waals surface area contributed by atoms with Crippen molar-refractivity contribution in [1.82, 2.24) is 9.13 Å². The van der Waals surface area contributed by atoms with Crippen LogP contribution >= 0.6 is 34.9 Å². The molecular weight excluding hydrogens is 516 g/mol. The molecule has 0 bridgehead atoms. The molecule has 2 aromatic heterocycles. The summed E-state index contributed by atoms with van der Waals surface area (Å²) in [5.41, 5.74) is 1.34. The topological polar surface area (TPSA) is 90.5 Å². The Morgan fingerprint density at radius 1 is 1.06 bits per heavy atom. The van der Waals surface area contributed by atoms with Crippen molar-refractivity contribution in [2.75, 3.05) is 24.9 Å². The van der Waals surface area contributed by atoms with Gasteiger partial charge in [-0.15, -0.1) is 23.1 Å². The number of ether oxygens (including phenoxy) is 1. The van der Waals surface area contributed by atoms with E-state index in [2.05, 4.69) is 0 Å². The van der Waals surface area contributed by atoms with E-state index in [9.17, 15) is 19.5 Å². The zero-order chi connectivity index (χ0) is 25.8. The molecule has 0 saturated carbocycles. The fourth-order valence-corrected chi connectivity index (χ4v) is 6.19. The van der Waals surface area contributed by atoms with E-state index in [1.807, 2.05) is 68.0 Å². The molecule has 0 aliphatic rings. The van der Waals surface area contributed by atoms with Crippen LogP contribution in [0.25, 0.3) is 20.7 Å². The van der Waals surface area contributed by atoms with E-state index < -0.39 is 23.8 Å². The molecule has 4 rings (SSSR count). The molecule has 0 aliphatic carbocycles. The number of hydrogen-bond acceptors (Lipinski definition) is 7. The number of aromatic nitrogens is 2. The van der Waals surface area contributed by atoms with Crippen LogP contribution in [0.1, 0.15) is 11.1 Å². The maximum absolute atomic E-state index is 13.4. The number of carbonyl (C=O) groups is 1. The first-order chi connectivity index (χ1) is 17.3. The number of aryl methyl sites for hydroxylation is 1. The molecule has 0 unspecified atom stereocenters. The zero-order valence-electron chi connectivity index (χ0n) is 20.1. The van der Waals surface area contributed by atoms with Crippen LogP contribution in [-0.4, -0.2) is 45.1 Å². The van der Waals surface area contributed by atoms with Crippen LogP contribution in [0, 0.1) is 6.92 Å². The number of carboxylic acids is 1. The highest BCUT2D eigenvalue weighted by Gasteiger charge is 2.22. The van der Waals surface area contributed by atoms with E-state index >= 15 is 0 Å². The van der Waals surface area contributed by atoms with Crippen molar-refractivity contribution in [1.29, 1.82) is 0 Å². The monoisotopic (exact) mass is 542 g/mol. The van der Waals surface area contributed by atoms with E-state index in [0.717, 1.165) is 42.5 Å². The molecule has 0 fully saturated rings. The number of carboxylic acid groups (broad SMARTS) is 1. The minimum atomic E-state index is -1.24. The van der Waals surface area contributed by atoms with Crippen molar-refractivity contribution in [2.24, 2.45) is 0 Å². The Bertz CT molecular complexity index is 1520. The minimum Gasteiger partial charge on any atom is -0.493 e. The van der Waals surface area contributed by atoms with Gasteiger partial charge in [-0.25, -0.2) is 9.36 Å². The summed E-state index contributed by atoms with van der Waals surface area (Å²) in [6, 6.07) is 15.4. The third-order valence-corrected chi connectivity index (χ3v) is 8.56. The van der Waals surface area contributed by atoms with Gasteiger partial charge in [0.2, 0.25) is 0 Å². The lowest BCUT2D eigenvalue weighted by atomic mass is 10.1. The number of thiophene rings is 1.